The number of aliphatic hydroxyl groups excluding tert-OH is 7. The molecule has 0 bridgehead atoms. The average molecular weight is 240 g/mol. The van der Waals surface area contributed by atoms with Crippen molar-refractivity contribution in [2.75, 3.05) is 13.2 Å². The maximum atomic E-state index is 9.39. The van der Waals surface area contributed by atoms with E-state index in [0.29, 0.717) is 0 Å². The van der Waals surface area contributed by atoms with Gasteiger partial charge in [-0.15, -0.1) is 0 Å². The van der Waals surface area contributed by atoms with Crippen molar-refractivity contribution in [3.8, 4) is 0 Å². The summed E-state index contributed by atoms with van der Waals surface area (Å²) in [5.74, 6) is 0. The molecule has 98 valence electrons. The van der Waals surface area contributed by atoms with Crippen LogP contribution in [-0.2, 0) is 0 Å². The molecule has 0 saturated carbocycles. The molecule has 7 N–H and O–H groups in total. The zero-order valence-corrected chi connectivity index (χ0v) is 8.85. The van der Waals surface area contributed by atoms with Crippen LogP contribution in [0.3, 0.4) is 0 Å². The molecule has 4 atom stereocenters. The maximum Gasteiger partial charge on any atom is 0.106 e. The van der Waals surface area contributed by atoms with Crippen molar-refractivity contribution in [1.29, 1.82) is 0 Å². The summed E-state index contributed by atoms with van der Waals surface area (Å²) in [4.78, 5) is 0. The fourth-order valence-electron chi connectivity index (χ4n) is 1.24. The van der Waals surface area contributed by atoms with Gasteiger partial charge in [0.1, 0.15) is 6.10 Å². The molecule has 7 heteroatoms. The SMILES string of the molecule is OCC(O)CC(O)C(O)C(O)CC(O)CO. The van der Waals surface area contributed by atoms with Crippen molar-refractivity contribution in [2.45, 2.75) is 43.4 Å². The van der Waals surface area contributed by atoms with Gasteiger partial charge in [-0.1, -0.05) is 0 Å². The molecule has 7 nitrogen and oxygen atoms in total. The summed E-state index contributed by atoms with van der Waals surface area (Å²) < 4.78 is 0. The van der Waals surface area contributed by atoms with Crippen LogP contribution in [0.2, 0.25) is 0 Å². The van der Waals surface area contributed by atoms with Crippen LogP contribution in [0.1, 0.15) is 12.8 Å². The molecular formula is C9H20O7. The van der Waals surface area contributed by atoms with Gasteiger partial charge in [0.2, 0.25) is 0 Å². The van der Waals surface area contributed by atoms with Gasteiger partial charge in [-0.05, 0) is 0 Å². The van der Waals surface area contributed by atoms with E-state index in [1.54, 1.807) is 0 Å². The van der Waals surface area contributed by atoms with E-state index in [4.69, 9.17) is 20.4 Å². The Bertz CT molecular complexity index is 159. The minimum atomic E-state index is -1.55. The Hall–Kier alpha value is -0.280. The molecule has 4 unspecified atom stereocenters. The molecule has 0 aliphatic carbocycles. The number of aliphatic hydroxyl groups is 7. The minimum Gasteiger partial charge on any atom is -0.394 e. The Morgan fingerprint density at radius 3 is 1.19 bits per heavy atom. The topological polar surface area (TPSA) is 142 Å². The van der Waals surface area contributed by atoms with E-state index in [9.17, 15) is 15.3 Å². The van der Waals surface area contributed by atoms with E-state index in [1.165, 1.54) is 0 Å². The van der Waals surface area contributed by atoms with Gasteiger partial charge in [0.25, 0.3) is 0 Å². The van der Waals surface area contributed by atoms with Crippen molar-refractivity contribution in [2.24, 2.45) is 0 Å². The fraction of sp³-hybridized carbons (Fsp3) is 1.00. The summed E-state index contributed by atoms with van der Waals surface area (Å²) >= 11 is 0. The number of hydrogen-bond donors (Lipinski definition) is 7. The van der Waals surface area contributed by atoms with Gasteiger partial charge >= 0.3 is 0 Å². The highest BCUT2D eigenvalue weighted by Crippen LogP contribution is 2.11. The quantitative estimate of drug-likeness (QED) is 0.234. The third-order valence-electron chi connectivity index (χ3n) is 2.24. The molecule has 0 saturated heterocycles. The Labute approximate surface area is 93.2 Å². The second kappa shape index (κ2) is 7.91. The van der Waals surface area contributed by atoms with Crippen LogP contribution in [0, 0.1) is 0 Å². The van der Waals surface area contributed by atoms with Crippen LogP contribution in [0.5, 0.6) is 0 Å². The normalized spacial score (nSPS) is 21.2. The third-order valence-corrected chi connectivity index (χ3v) is 2.24. The van der Waals surface area contributed by atoms with Gasteiger partial charge in [-0.2, -0.15) is 0 Å². The smallest absolute Gasteiger partial charge is 0.106 e. The Morgan fingerprint density at radius 2 is 0.938 bits per heavy atom. The highest BCUT2D eigenvalue weighted by Gasteiger charge is 2.27. The monoisotopic (exact) mass is 240 g/mol. The molecule has 0 amide bonds. The van der Waals surface area contributed by atoms with E-state index in [0.717, 1.165) is 0 Å². The summed E-state index contributed by atoms with van der Waals surface area (Å²) in [7, 11) is 0. The summed E-state index contributed by atoms with van der Waals surface area (Å²) in [6.45, 7) is -1.11. The van der Waals surface area contributed by atoms with Gasteiger partial charge in [0, 0.05) is 12.8 Å². The average Bonchev–Trinajstić information content (AvgIpc) is 2.27. The summed E-state index contributed by atoms with van der Waals surface area (Å²) in [5.41, 5.74) is 0. The maximum absolute atomic E-state index is 9.39. The molecule has 0 radical (unpaired) electrons. The Kier molecular flexibility index (Phi) is 7.77. The van der Waals surface area contributed by atoms with Crippen molar-refractivity contribution in [1.82, 2.24) is 0 Å². The molecule has 0 spiro atoms. The van der Waals surface area contributed by atoms with Crippen molar-refractivity contribution >= 4 is 0 Å². The molecule has 0 heterocycles. The van der Waals surface area contributed by atoms with Gasteiger partial charge in [-0.25, -0.2) is 0 Å². The van der Waals surface area contributed by atoms with Gasteiger partial charge < -0.3 is 35.7 Å². The van der Waals surface area contributed by atoms with E-state index in [1.807, 2.05) is 0 Å². The van der Waals surface area contributed by atoms with Crippen molar-refractivity contribution in [3.63, 3.8) is 0 Å². The molecular weight excluding hydrogens is 220 g/mol. The van der Waals surface area contributed by atoms with Crippen LogP contribution in [0.4, 0.5) is 0 Å². The fourth-order valence-corrected chi connectivity index (χ4v) is 1.24. The highest BCUT2D eigenvalue weighted by atomic mass is 16.4. The van der Waals surface area contributed by atoms with E-state index < -0.39 is 43.7 Å². The minimum absolute atomic E-state index is 0.288. The molecule has 0 aliphatic heterocycles. The molecule has 16 heavy (non-hydrogen) atoms. The largest absolute Gasteiger partial charge is 0.394 e. The number of rotatable bonds is 8. The van der Waals surface area contributed by atoms with Gasteiger partial charge in [0.05, 0.1) is 37.6 Å². The molecule has 0 aromatic heterocycles. The zero-order chi connectivity index (χ0) is 12.7. The Morgan fingerprint density at radius 1 is 0.625 bits per heavy atom. The standard InChI is InChI=1S/C9H20O7/c10-3-5(12)1-7(14)9(16)8(15)2-6(13)4-11/h5-16H,1-4H2. The van der Waals surface area contributed by atoms with Gasteiger partial charge in [-0.3, -0.25) is 0 Å². The van der Waals surface area contributed by atoms with Crippen molar-refractivity contribution < 1.29 is 35.7 Å². The summed E-state index contributed by atoms with van der Waals surface area (Å²) in [6, 6.07) is 0. The van der Waals surface area contributed by atoms with Crippen LogP contribution >= 0.6 is 0 Å². The third kappa shape index (κ3) is 5.71. The second-order valence-electron chi connectivity index (χ2n) is 3.77. The van der Waals surface area contributed by atoms with Crippen molar-refractivity contribution in [3.05, 3.63) is 0 Å². The lowest BCUT2D eigenvalue weighted by Crippen LogP contribution is -2.41. The zero-order valence-electron chi connectivity index (χ0n) is 8.85. The second-order valence-corrected chi connectivity index (χ2v) is 3.77. The van der Waals surface area contributed by atoms with E-state index in [2.05, 4.69) is 0 Å². The number of hydrogen-bond acceptors (Lipinski definition) is 7. The first kappa shape index (κ1) is 15.7. The predicted molar refractivity (Wildman–Crippen MR) is 53.4 cm³/mol. The lowest BCUT2D eigenvalue weighted by molar-refractivity contribution is -0.0912. The lowest BCUT2D eigenvalue weighted by Gasteiger charge is -2.25. The summed E-state index contributed by atoms with van der Waals surface area (Å²) in [6.07, 6.45) is -7.32. The molecule has 0 aromatic rings. The molecule has 0 fully saturated rings. The van der Waals surface area contributed by atoms with Gasteiger partial charge in [0.15, 0.2) is 0 Å². The van der Waals surface area contributed by atoms with E-state index >= 15 is 0 Å². The highest BCUT2D eigenvalue weighted by molar-refractivity contribution is 4.79. The van der Waals surface area contributed by atoms with Crippen LogP contribution in [-0.4, -0.2) is 79.5 Å². The first-order chi connectivity index (χ1) is 7.42. The lowest BCUT2D eigenvalue weighted by atomic mass is 9.98. The summed E-state index contributed by atoms with van der Waals surface area (Å²) in [5, 5.41) is 63.1. The molecule has 0 rings (SSSR count). The van der Waals surface area contributed by atoms with Crippen LogP contribution < -0.4 is 0 Å². The molecule has 0 aliphatic rings. The first-order valence-electron chi connectivity index (χ1n) is 5.04. The molecule has 0 aromatic carbocycles. The van der Waals surface area contributed by atoms with E-state index in [-0.39, 0.29) is 12.8 Å². The van der Waals surface area contributed by atoms with Crippen LogP contribution in [0.15, 0.2) is 0 Å². The Balaban J connectivity index is 4.05. The first-order valence-corrected chi connectivity index (χ1v) is 5.04. The van der Waals surface area contributed by atoms with Crippen LogP contribution in [0.25, 0.3) is 0 Å². The predicted octanol–water partition coefficient (Wildman–Crippen LogP) is -3.44.